The average Bonchev–Trinajstić information content (AvgIpc) is 3.87. The third-order valence-corrected chi connectivity index (χ3v) is 13.9. The summed E-state index contributed by atoms with van der Waals surface area (Å²) < 4.78 is 9.01. The standard InChI is InChI=1S/C62H59N4O.Pt/c1-59(2,3)44-23-17-24-48(35-44)64-41-65(57-37-47(28-32-55(57)64)62(9,10)43-21-15-12-16-22-43)49-25-18-26-50(39-49)67-51-29-30-52-53-36-46(61(7,8)42-19-13-11-14-20-42)27-31-54(53)66(56(52)40-51)58-38-45(33-34-63-58)60(4,5)6;/h11-38,41H,1-10H3;/q-3;. The second kappa shape index (κ2) is 17.6. The van der Waals surface area contributed by atoms with E-state index < -0.39 is 0 Å². The summed E-state index contributed by atoms with van der Waals surface area (Å²) in [5.74, 6) is 2.04. The maximum atomic E-state index is 6.78. The summed E-state index contributed by atoms with van der Waals surface area (Å²) in [5.41, 5.74) is 13.1. The number of hydrogen-bond donors (Lipinski definition) is 0. The molecule has 0 saturated carbocycles. The van der Waals surface area contributed by atoms with E-state index in [0.29, 0.717) is 11.5 Å². The molecule has 3 heterocycles. The van der Waals surface area contributed by atoms with Crippen molar-refractivity contribution in [2.45, 2.75) is 90.9 Å². The molecule has 0 unspecified atom stereocenters. The first-order valence-corrected chi connectivity index (χ1v) is 23.4. The fraction of sp³-hybridized carbons (Fsp3) is 0.226. The largest absolute Gasteiger partial charge is 0.509 e. The van der Waals surface area contributed by atoms with Gasteiger partial charge in [-0.2, -0.15) is 12.1 Å². The van der Waals surface area contributed by atoms with Crippen LogP contribution in [0, 0.1) is 18.8 Å². The molecule has 0 N–H and O–H groups in total. The summed E-state index contributed by atoms with van der Waals surface area (Å²) in [7, 11) is 0. The summed E-state index contributed by atoms with van der Waals surface area (Å²) in [4.78, 5) is 9.50. The Morgan fingerprint density at radius 1 is 0.471 bits per heavy atom. The molecular formula is C62H59N4OPt-3. The second-order valence-corrected chi connectivity index (χ2v) is 21.1. The minimum atomic E-state index is -0.226. The van der Waals surface area contributed by atoms with Crippen molar-refractivity contribution >= 4 is 44.6 Å². The zero-order chi connectivity index (χ0) is 46.9. The molecule has 0 aliphatic carbocycles. The zero-order valence-electron chi connectivity index (χ0n) is 40.8. The molecule has 68 heavy (non-hydrogen) atoms. The van der Waals surface area contributed by atoms with Crippen molar-refractivity contribution in [2.24, 2.45) is 0 Å². The predicted molar refractivity (Wildman–Crippen MR) is 279 cm³/mol. The number of fused-ring (bicyclic) bond motifs is 4. The van der Waals surface area contributed by atoms with Gasteiger partial charge in [-0.05, 0) is 92.1 Å². The van der Waals surface area contributed by atoms with Crippen molar-refractivity contribution in [3.8, 4) is 17.3 Å². The summed E-state index contributed by atoms with van der Waals surface area (Å²) in [6, 6.07) is 66.1. The number of rotatable bonds is 9. The molecule has 0 spiro atoms. The normalized spacial score (nSPS) is 13.2. The van der Waals surface area contributed by atoms with Gasteiger partial charge in [0.1, 0.15) is 5.82 Å². The van der Waals surface area contributed by atoms with Crippen molar-refractivity contribution < 1.29 is 25.8 Å². The van der Waals surface area contributed by atoms with E-state index in [9.17, 15) is 0 Å². The molecule has 10 rings (SSSR count). The second-order valence-electron chi connectivity index (χ2n) is 21.1. The Bertz CT molecular complexity index is 3280. The SMILES string of the molecule is CC(C)(C)c1cccc(N2[CH-]N(c3[c-]c(Oc4[c-]c5c(cc4)c4cc(C(C)(C)c6ccccc6)ccc4n5-c4cc(C(C)(C)C)ccn4)ccc3)c3cc(C(C)(C)c4ccccc4)ccc32)c1.[Pt]. The topological polar surface area (TPSA) is 33.5 Å². The van der Waals surface area contributed by atoms with Crippen molar-refractivity contribution in [1.82, 2.24) is 9.55 Å². The van der Waals surface area contributed by atoms with E-state index in [1.165, 1.54) is 33.4 Å². The molecule has 7 aromatic carbocycles. The van der Waals surface area contributed by atoms with E-state index in [-0.39, 0.29) is 42.7 Å². The molecule has 1 aliphatic heterocycles. The molecular weight excluding hydrogens is 1010 g/mol. The third kappa shape index (κ3) is 8.56. The molecule has 0 fully saturated rings. The van der Waals surface area contributed by atoms with Gasteiger partial charge in [0.05, 0.1) is 0 Å². The van der Waals surface area contributed by atoms with Crippen LogP contribution in [-0.4, -0.2) is 9.55 Å². The number of benzene rings is 7. The van der Waals surface area contributed by atoms with Crippen molar-refractivity contribution in [2.75, 3.05) is 9.80 Å². The fourth-order valence-corrected chi connectivity index (χ4v) is 9.48. The van der Waals surface area contributed by atoms with Crippen LogP contribution in [0.15, 0.2) is 170 Å². The summed E-state index contributed by atoms with van der Waals surface area (Å²) >= 11 is 0. The predicted octanol–water partition coefficient (Wildman–Crippen LogP) is 16.2. The van der Waals surface area contributed by atoms with Gasteiger partial charge in [0.2, 0.25) is 0 Å². The van der Waals surface area contributed by atoms with E-state index in [2.05, 4.69) is 248 Å². The van der Waals surface area contributed by atoms with Gasteiger partial charge in [-0.15, -0.1) is 48.1 Å². The van der Waals surface area contributed by atoms with Crippen molar-refractivity contribution in [3.63, 3.8) is 0 Å². The Morgan fingerprint density at radius 2 is 1.07 bits per heavy atom. The van der Waals surface area contributed by atoms with Crippen LogP contribution in [-0.2, 0) is 42.7 Å². The molecule has 9 aromatic rings. The average molecular weight is 1070 g/mol. The van der Waals surface area contributed by atoms with Crippen molar-refractivity contribution in [1.29, 1.82) is 0 Å². The summed E-state index contributed by atoms with van der Waals surface area (Å²) in [6.07, 6.45) is 1.92. The van der Waals surface area contributed by atoms with Gasteiger partial charge in [-0.3, -0.25) is 0 Å². The monoisotopic (exact) mass is 1070 g/mol. The molecule has 0 radical (unpaired) electrons. The molecule has 2 aromatic heterocycles. The smallest absolute Gasteiger partial charge is 0.135 e. The van der Waals surface area contributed by atoms with Gasteiger partial charge in [-0.25, -0.2) is 4.98 Å². The fourth-order valence-electron chi connectivity index (χ4n) is 9.48. The number of pyridine rings is 1. The number of hydrogen-bond acceptors (Lipinski definition) is 4. The van der Waals surface area contributed by atoms with Crippen LogP contribution in [0.1, 0.15) is 103 Å². The van der Waals surface area contributed by atoms with Crippen LogP contribution in [0.25, 0.3) is 27.6 Å². The first kappa shape index (κ1) is 46.7. The van der Waals surface area contributed by atoms with Gasteiger partial charge >= 0.3 is 0 Å². The summed E-state index contributed by atoms with van der Waals surface area (Å²) in [5, 5.41) is 2.23. The van der Waals surface area contributed by atoms with E-state index in [4.69, 9.17) is 9.72 Å². The molecule has 6 heteroatoms. The number of ether oxygens (including phenoxy) is 1. The molecule has 5 nitrogen and oxygen atoms in total. The molecule has 0 amide bonds. The Balaban J connectivity index is 0.00000578. The van der Waals surface area contributed by atoms with E-state index >= 15 is 0 Å². The first-order valence-electron chi connectivity index (χ1n) is 23.4. The maximum absolute atomic E-state index is 6.78. The van der Waals surface area contributed by atoms with Gasteiger partial charge in [0.15, 0.2) is 0 Å². The van der Waals surface area contributed by atoms with Gasteiger partial charge in [0, 0.05) is 72.2 Å². The van der Waals surface area contributed by atoms with Gasteiger partial charge in [-0.1, -0.05) is 166 Å². The van der Waals surface area contributed by atoms with Gasteiger partial charge < -0.3 is 19.1 Å². The van der Waals surface area contributed by atoms with Crippen LogP contribution in [0.4, 0.5) is 22.7 Å². The van der Waals surface area contributed by atoms with Crippen LogP contribution in [0.2, 0.25) is 0 Å². The number of nitrogens with zero attached hydrogens (tertiary/aromatic N) is 4. The molecule has 0 bridgehead atoms. The Hall–Kier alpha value is -6.42. The quantitative estimate of drug-likeness (QED) is 0.135. The van der Waals surface area contributed by atoms with Crippen LogP contribution < -0.4 is 14.5 Å². The first-order chi connectivity index (χ1) is 32.0. The minimum absolute atomic E-state index is 0. The van der Waals surface area contributed by atoms with E-state index in [1.54, 1.807) is 0 Å². The maximum Gasteiger partial charge on any atom is 0.135 e. The third-order valence-electron chi connectivity index (χ3n) is 13.9. The van der Waals surface area contributed by atoms with Crippen molar-refractivity contribution in [3.05, 3.63) is 222 Å². The van der Waals surface area contributed by atoms with Crippen LogP contribution in [0.3, 0.4) is 0 Å². The number of aromatic nitrogens is 2. The zero-order valence-corrected chi connectivity index (χ0v) is 43.0. The minimum Gasteiger partial charge on any atom is -0.509 e. The van der Waals surface area contributed by atoms with Crippen LogP contribution >= 0.6 is 0 Å². The summed E-state index contributed by atoms with van der Waals surface area (Å²) in [6.45, 7) is 24.9. The van der Waals surface area contributed by atoms with Crippen LogP contribution in [0.5, 0.6) is 11.5 Å². The Kier molecular flexibility index (Phi) is 12.1. The van der Waals surface area contributed by atoms with E-state index in [1.807, 2.05) is 24.4 Å². The molecule has 346 valence electrons. The van der Waals surface area contributed by atoms with E-state index in [0.717, 1.165) is 50.4 Å². The Labute approximate surface area is 417 Å². The number of anilines is 4. The Morgan fingerprint density at radius 3 is 1.75 bits per heavy atom. The molecule has 1 aliphatic rings. The molecule has 0 saturated heterocycles. The van der Waals surface area contributed by atoms with Gasteiger partial charge in [0.25, 0.3) is 0 Å². The molecule has 0 atom stereocenters.